The zero-order chi connectivity index (χ0) is 43.8. The van der Waals surface area contributed by atoms with Gasteiger partial charge in [0.1, 0.15) is 17.6 Å². The first-order valence-corrected chi connectivity index (χ1v) is 23.0. The van der Waals surface area contributed by atoms with Crippen LogP contribution in [0.2, 0.25) is 0 Å². The van der Waals surface area contributed by atoms with E-state index in [0.717, 1.165) is 107 Å². The third-order valence-electron chi connectivity index (χ3n) is 14.4. The number of Topliss-reactive ketones (excluding diaryl/α,β-unsaturated/α-hetero) is 1. The molecule has 4 saturated heterocycles. The van der Waals surface area contributed by atoms with Crippen molar-refractivity contribution in [3.05, 3.63) is 66.5 Å². The number of imidazole rings is 2. The van der Waals surface area contributed by atoms with Gasteiger partial charge in [-0.2, -0.15) is 0 Å². The number of likely N-dealkylation sites (tertiary alicyclic amines) is 2. The molecule has 3 N–H and O–H groups in total. The Morgan fingerprint density at radius 3 is 2.08 bits per heavy atom. The van der Waals surface area contributed by atoms with Crippen LogP contribution in [0.25, 0.3) is 39.0 Å². The number of nitrogens with zero attached hydrogens (tertiary/aromatic N) is 5. The van der Waals surface area contributed by atoms with Crippen molar-refractivity contribution in [2.45, 2.75) is 122 Å². The minimum atomic E-state index is -0.586. The van der Waals surface area contributed by atoms with Gasteiger partial charge in [-0.05, 0) is 101 Å². The minimum Gasteiger partial charge on any atom is -0.381 e. The second kappa shape index (κ2) is 18.3. The average Bonchev–Trinajstić information content (AvgIpc) is 4.16. The zero-order valence-corrected chi connectivity index (χ0v) is 36.9. The first kappa shape index (κ1) is 42.8. The first-order chi connectivity index (χ1) is 30.5. The second-order valence-corrected chi connectivity index (χ2v) is 18.5. The van der Waals surface area contributed by atoms with Crippen LogP contribution in [0.15, 0.2) is 60.1 Å². The Morgan fingerprint density at radius 2 is 1.40 bits per heavy atom. The molecule has 0 spiro atoms. The Kier molecular flexibility index (Phi) is 12.5. The van der Waals surface area contributed by atoms with E-state index in [9.17, 15) is 19.2 Å². The molecule has 0 radical (unpaired) electrons. The van der Waals surface area contributed by atoms with E-state index >= 15 is 0 Å². The summed E-state index contributed by atoms with van der Waals surface area (Å²) >= 11 is 0. The molecule has 6 atom stereocenters. The largest absolute Gasteiger partial charge is 0.381 e. The highest BCUT2D eigenvalue weighted by atomic mass is 16.5. The molecule has 0 saturated carbocycles. The molecule has 63 heavy (non-hydrogen) atoms. The van der Waals surface area contributed by atoms with Crippen molar-refractivity contribution in [3.63, 3.8) is 0 Å². The number of aliphatic imine (C=N–C) groups is 1. The molecule has 3 amide bonds. The highest BCUT2D eigenvalue weighted by molar-refractivity contribution is 6.07. The van der Waals surface area contributed by atoms with Crippen molar-refractivity contribution in [2.75, 3.05) is 26.4 Å². The van der Waals surface area contributed by atoms with Crippen molar-refractivity contribution >= 4 is 45.8 Å². The predicted octanol–water partition coefficient (Wildman–Crippen LogP) is 7.19. The maximum Gasteiger partial charge on any atom is 0.246 e. The van der Waals surface area contributed by atoms with Gasteiger partial charge in [0.2, 0.25) is 17.7 Å². The molecular formula is C49H60N8O6. The third kappa shape index (κ3) is 8.63. The van der Waals surface area contributed by atoms with Crippen LogP contribution in [0.5, 0.6) is 0 Å². The molecule has 2 aromatic carbocycles. The summed E-state index contributed by atoms with van der Waals surface area (Å²) in [5.74, 6) is 0.494. The summed E-state index contributed by atoms with van der Waals surface area (Å²) in [5.41, 5.74) is 8.80. The number of amides is 3. The molecule has 2 aromatic heterocycles. The maximum atomic E-state index is 14.3. The molecule has 9 rings (SSSR count). The van der Waals surface area contributed by atoms with Gasteiger partial charge in [-0.15, -0.1) is 0 Å². The van der Waals surface area contributed by atoms with Crippen LogP contribution in [-0.4, -0.2) is 110 Å². The van der Waals surface area contributed by atoms with Gasteiger partial charge in [-0.1, -0.05) is 36.4 Å². The van der Waals surface area contributed by atoms with Crippen molar-refractivity contribution in [1.82, 2.24) is 35.1 Å². The molecule has 7 heterocycles. The van der Waals surface area contributed by atoms with Crippen LogP contribution in [-0.2, 0) is 28.7 Å². The number of aromatic nitrogens is 4. The Balaban J connectivity index is 0.890. The van der Waals surface area contributed by atoms with E-state index in [4.69, 9.17) is 24.4 Å². The molecule has 4 aromatic rings. The maximum absolute atomic E-state index is 14.3. The Bertz CT molecular complexity index is 2410. The lowest BCUT2D eigenvalue weighted by Gasteiger charge is -2.36. The highest BCUT2D eigenvalue weighted by Crippen LogP contribution is 2.41. The number of fused-ring (bicyclic) bond motifs is 1. The normalized spacial score (nSPS) is 24.4. The van der Waals surface area contributed by atoms with E-state index in [1.807, 2.05) is 22.2 Å². The lowest BCUT2D eigenvalue weighted by molar-refractivity contribution is -0.142. The first-order valence-electron chi connectivity index (χ1n) is 23.0. The quantitative estimate of drug-likeness (QED) is 0.134. The molecule has 0 bridgehead atoms. The second-order valence-electron chi connectivity index (χ2n) is 18.5. The van der Waals surface area contributed by atoms with Crippen molar-refractivity contribution < 1.29 is 28.7 Å². The zero-order valence-electron chi connectivity index (χ0n) is 36.9. The van der Waals surface area contributed by atoms with Gasteiger partial charge in [0.05, 0.1) is 41.3 Å². The Morgan fingerprint density at radius 1 is 0.762 bits per heavy atom. The predicted molar refractivity (Wildman–Crippen MR) is 240 cm³/mol. The fourth-order valence-corrected chi connectivity index (χ4v) is 11.0. The SMILES string of the molecule is CC(=O)C[C@H](C(=O)N1[C@@H](C)CC[C@H]1C1=NC=C(c2ccc(-c3ccc(-c4cnc([C@@H]5CC[C@H](C)N5C(=O)[C@@H](NC(C)=O)C5CCOCC5)[nH]4)cc3)c3nc[nH]c23)C1)C1CCOCC1. The van der Waals surface area contributed by atoms with Crippen LogP contribution in [0, 0.1) is 17.8 Å². The Labute approximate surface area is 368 Å². The molecule has 14 heteroatoms. The van der Waals surface area contributed by atoms with Crippen LogP contribution in [0.4, 0.5) is 0 Å². The summed E-state index contributed by atoms with van der Waals surface area (Å²) in [6.45, 7) is 9.71. The Hall–Kier alpha value is -5.47. The van der Waals surface area contributed by atoms with Crippen LogP contribution >= 0.6 is 0 Å². The molecule has 5 aliphatic heterocycles. The van der Waals surface area contributed by atoms with Crippen molar-refractivity contribution in [1.29, 1.82) is 0 Å². The van der Waals surface area contributed by atoms with Crippen molar-refractivity contribution in [3.8, 4) is 22.4 Å². The van der Waals surface area contributed by atoms with E-state index in [1.165, 1.54) is 6.92 Å². The van der Waals surface area contributed by atoms with Gasteiger partial charge >= 0.3 is 0 Å². The number of hydrogen-bond donors (Lipinski definition) is 3. The summed E-state index contributed by atoms with van der Waals surface area (Å²) < 4.78 is 11.2. The third-order valence-corrected chi connectivity index (χ3v) is 14.4. The van der Waals surface area contributed by atoms with E-state index in [1.54, 1.807) is 13.3 Å². The number of carbonyl (C=O) groups is 4. The molecule has 5 aliphatic rings. The number of ketones is 1. The molecule has 332 valence electrons. The topological polar surface area (TPSA) is 175 Å². The number of benzene rings is 2. The number of ether oxygens (including phenoxy) is 2. The van der Waals surface area contributed by atoms with E-state index in [0.29, 0.717) is 32.8 Å². The number of allylic oxidation sites excluding steroid dienone is 1. The standard InChI is InChI=1S/C49H60N8O6/c1-28-5-13-42(56(28)48(60)39(23-30(3)58)33-15-19-62-20-16-33)40-24-36(25-50-40)38-12-11-37(45-46(38)53-27-52-45)32-7-9-34(10-8-32)41-26-51-47(55-41)43-14-6-29(2)57(43)49(61)44(54-31(4)59)35-17-21-63-22-18-35/h7-12,25-29,33,35,39,42-44H,5-6,13-24H2,1-4H3,(H,51,55)(H,52,53)(H,54,59)/t28-,29-,39-,42-,43-,44-/m0/s1. The van der Waals surface area contributed by atoms with Gasteiger partial charge in [-0.3, -0.25) is 19.4 Å². The summed E-state index contributed by atoms with van der Waals surface area (Å²) in [7, 11) is 0. The van der Waals surface area contributed by atoms with Crippen LogP contribution in [0.1, 0.15) is 109 Å². The van der Waals surface area contributed by atoms with Gasteiger partial charge < -0.3 is 39.4 Å². The summed E-state index contributed by atoms with van der Waals surface area (Å²) in [5, 5.41) is 2.98. The van der Waals surface area contributed by atoms with Gasteiger partial charge in [0.25, 0.3) is 0 Å². The number of carbonyl (C=O) groups excluding carboxylic acids is 4. The van der Waals surface area contributed by atoms with Crippen molar-refractivity contribution in [2.24, 2.45) is 22.7 Å². The molecule has 0 aliphatic carbocycles. The number of hydrogen-bond acceptors (Lipinski definition) is 9. The summed E-state index contributed by atoms with van der Waals surface area (Å²) in [6.07, 6.45) is 12.9. The number of rotatable bonds is 12. The lowest BCUT2D eigenvalue weighted by atomic mass is 9.81. The van der Waals surface area contributed by atoms with E-state index in [-0.39, 0.29) is 71.8 Å². The minimum absolute atomic E-state index is 0.0214. The van der Waals surface area contributed by atoms with Gasteiger partial charge in [0, 0.05) is 87.2 Å². The van der Waals surface area contributed by atoms with Crippen LogP contribution < -0.4 is 5.32 Å². The van der Waals surface area contributed by atoms with E-state index < -0.39 is 6.04 Å². The molecule has 4 fully saturated rings. The van der Waals surface area contributed by atoms with Gasteiger partial charge in [0.15, 0.2) is 0 Å². The number of H-pyrrole nitrogens is 2. The summed E-state index contributed by atoms with van der Waals surface area (Å²) in [4.78, 5) is 78.6. The monoisotopic (exact) mass is 856 g/mol. The van der Waals surface area contributed by atoms with Gasteiger partial charge in [-0.25, -0.2) is 9.97 Å². The van der Waals surface area contributed by atoms with Crippen LogP contribution in [0.3, 0.4) is 0 Å². The number of nitrogens with one attached hydrogen (secondary N) is 3. The lowest BCUT2D eigenvalue weighted by Crippen LogP contribution is -2.54. The smallest absolute Gasteiger partial charge is 0.246 e. The molecule has 14 nitrogen and oxygen atoms in total. The average molecular weight is 857 g/mol. The number of aromatic amines is 2. The fourth-order valence-electron chi connectivity index (χ4n) is 11.0. The van der Waals surface area contributed by atoms with E-state index in [2.05, 4.69) is 65.5 Å². The molecule has 0 unspecified atom stereocenters. The summed E-state index contributed by atoms with van der Waals surface area (Å²) in [6, 6.07) is 11.8. The molecular weight excluding hydrogens is 797 g/mol. The highest BCUT2D eigenvalue weighted by Gasteiger charge is 2.44. The fraction of sp³-hybridized carbons (Fsp3) is 0.531.